The van der Waals surface area contributed by atoms with Crippen LogP contribution in [0.25, 0.3) is 0 Å². The molecule has 1 aromatic rings. The third kappa shape index (κ3) is 1.74. The van der Waals surface area contributed by atoms with Gasteiger partial charge in [-0.15, -0.1) is 0 Å². The molecule has 1 rings (SSSR count). The van der Waals surface area contributed by atoms with Crippen LogP contribution in [0.5, 0.6) is 5.75 Å². The molecular formula is C7H4ClNO5. The lowest BCUT2D eigenvalue weighted by atomic mass is 10.2. The maximum absolute atomic E-state index is 10.5. The van der Waals surface area contributed by atoms with E-state index in [0.29, 0.717) is 0 Å². The molecule has 0 saturated carbocycles. The average Bonchev–Trinajstić information content (AvgIpc) is 2.08. The molecule has 0 aromatic heterocycles. The summed E-state index contributed by atoms with van der Waals surface area (Å²) in [6.45, 7) is 0. The van der Waals surface area contributed by atoms with Crippen LogP contribution in [0.15, 0.2) is 12.1 Å². The summed E-state index contributed by atoms with van der Waals surface area (Å²) in [5.41, 5.74) is -1.03. The number of nitro groups is 1. The number of carbonyl (C=O) groups is 1. The number of nitrogens with zero attached hydrogens (tertiary/aromatic N) is 1. The molecule has 0 unspecified atom stereocenters. The molecule has 0 aliphatic rings. The molecule has 2 N–H and O–H groups in total. The number of carboxylic acid groups (broad SMARTS) is 1. The van der Waals surface area contributed by atoms with E-state index in [1.165, 1.54) is 0 Å². The molecule has 7 heteroatoms. The summed E-state index contributed by atoms with van der Waals surface area (Å²) >= 11 is 5.38. The van der Waals surface area contributed by atoms with Gasteiger partial charge in [0.25, 0.3) is 5.69 Å². The number of halogens is 1. The zero-order chi connectivity index (χ0) is 10.9. The molecule has 0 spiro atoms. The second-order valence-electron chi connectivity index (χ2n) is 2.39. The van der Waals surface area contributed by atoms with Gasteiger partial charge >= 0.3 is 5.97 Å². The standard InChI is InChI=1S/C7H4ClNO5/c8-6-4(9(13)14)1-3(7(11)12)2-5(6)10/h1-2,10H,(H,11,12). The van der Waals surface area contributed by atoms with Crippen LogP contribution in [0.1, 0.15) is 10.4 Å². The van der Waals surface area contributed by atoms with Gasteiger partial charge in [-0.1, -0.05) is 11.6 Å². The van der Waals surface area contributed by atoms with Gasteiger partial charge in [0, 0.05) is 6.07 Å². The summed E-state index contributed by atoms with van der Waals surface area (Å²) in [7, 11) is 0. The SMILES string of the molecule is O=C(O)c1cc(O)c(Cl)c([N+](=O)[O-])c1. The number of hydrogen-bond acceptors (Lipinski definition) is 4. The number of rotatable bonds is 2. The van der Waals surface area contributed by atoms with Gasteiger partial charge in [0.2, 0.25) is 0 Å². The van der Waals surface area contributed by atoms with Gasteiger partial charge in [0.1, 0.15) is 5.75 Å². The summed E-state index contributed by atoms with van der Waals surface area (Å²) in [6.07, 6.45) is 0. The smallest absolute Gasteiger partial charge is 0.336 e. The fourth-order valence-corrected chi connectivity index (χ4v) is 1.03. The van der Waals surface area contributed by atoms with Crippen molar-refractivity contribution in [1.29, 1.82) is 0 Å². The first kappa shape index (κ1) is 10.3. The number of hydrogen-bond donors (Lipinski definition) is 2. The van der Waals surface area contributed by atoms with Gasteiger partial charge in [-0.25, -0.2) is 4.79 Å². The quantitative estimate of drug-likeness (QED) is 0.579. The number of phenols is 1. The maximum atomic E-state index is 10.5. The molecular weight excluding hydrogens is 214 g/mol. The van der Waals surface area contributed by atoms with Crippen LogP contribution in [0.4, 0.5) is 5.69 Å². The van der Waals surface area contributed by atoms with E-state index >= 15 is 0 Å². The minimum Gasteiger partial charge on any atom is -0.506 e. The number of nitro benzene ring substituents is 1. The van der Waals surface area contributed by atoms with Crippen molar-refractivity contribution in [2.45, 2.75) is 0 Å². The molecule has 0 atom stereocenters. The summed E-state index contributed by atoms with van der Waals surface area (Å²) in [4.78, 5) is 20.0. The Morgan fingerprint density at radius 2 is 2.07 bits per heavy atom. The Hall–Kier alpha value is -1.82. The molecule has 0 aliphatic carbocycles. The minimum absolute atomic E-state index is 0.390. The summed E-state index contributed by atoms with van der Waals surface area (Å²) < 4.78 is 0. The van der Waals surface area contributed by atoms with Crippen LogP contribution in [0.2, 0.25) is 5.02 Å². The van der Waals surface area contributed by atoms with Crippen molar-refractivity contribution in [2.75, 3.05) is 0 Å². The van der Waals surface area contributed by atoms with Crippen molar-refractivity contribution in [3.63, 3.8) is 0 Å². The Bertz CT molecular complexity index is 417. The molecule has 0 saturated heterocycles. The van der Waals surface area contributed by atoms with Gasteiger partial charge in [-0.3, -0.25) is 10.1 Å². The Labute approximate surface area is 82.5 Å². The van der Waals surface area contributed by atoms with E-state index < -0.39 is 32.9 Å². The van der Waals surface area contributed by atoms with Crippen LogP contribution >= 0.6 is 11.6 Å². The molecule has 6 nitrogen and oxygen atoms in total. The Morgan fingerprint density at radius 1 is 1.50 bits per heavy atom. The van der Waals surface area contributed by atoms with Crippen molar-refractivity contribution in [1.82, 2.24) is 0 Å². The third-order valence-corrected chi connectivity index (χ3v) is 1.87. The maximum Gasteiger partial charge on any atom is 0.336 e. The van der Waals surface area contributed by atoms with Gasteiger partial charge in [-0.2, -0.15) is 0 Å². The molecule has 14 heavy (non-hydrogen) atoms. The predicted molar refractivity (Wildman–Crippen MR) is 46.7 cm³/mol. The van der Waals surface area contributed by atoms with Gasteiger partial charge in [0.05, 0.1) is 10.5 Å². The third-order valence-electron chi connectivity index (χ3n) is 1.48. The van der Waals surface area contributed by atoms with Crippen molar-refractivity contribution in [3.8, 4) is 5.75 Å². The molecule has 0 fully saturated rings. The van der Waals surface area contributed by atoms with Crippen LogP contribution in [-0.2, 0) is 0 Å². The zero-order valence-electron chi connectivity index (χ0n) is 6.60. The monoisotopic (exact) mass is 217 g/mol. The Morgan fingerprint density at radius 3 is 2.50 bits per heavy atom. The molecule has 0 amide bonds. The average molecular weight is 218 g/mol. The lowest BCUT2D eigenvalue weighted by Crippen LogP contribution is -1.98. The Balaban J connectivity index is 3.43. The lowest BCUT2D eigenvalue weighted by molar-refractivity contribution is -0.384. The highest BCUT2D eigenvalue weighted by Gasteiger charge is 2.20. The first-order valence-electron chi connectivity index (χ1n) is 3.33. The Kier molecular flexibility index (Phi) is 2.57. The number of carboxylic acids is 1. The molecule has 1 aromatic carbocycles. The topological polar surface area (TPSA) is 101 Å². The summed E-state index contributed by atoms with van der Waals surface area (Å²) in [5.74, 6) is -2.00. The first-order valence-corrected chi connectivity index (χ1v) is 3.71. The molecule has 0 heterocycles. The van der Waals surface area contributed by atoms with E-state index in [2.05, 4.69) is 0 Å². The largest absolute Gasteiger partial charge is 0.506 e. The molecule has 0 radical (unpaired) electrons. The van der Waals surface area contributed by atoms with Crippen molar-refractivity contribution in [3.05, 3.63) is 32.8 Å². The highest BCUT2D eigenvalue weighted by molar-refractivity contribution is 6.34. The van der Waals surface area contributed by atoms with E-state index in [1.54, 1.807) is 0 Å². The van der Waals surface area contributed by atoms with E-state index in [1.807, 2.05) is 0 Å². The van der Waals surface area contributed by atoms with Crippen LogP contribution in [0, 0.1) is 10.1 Å². The second kappa shape index (κ2) is 3.51. The molecule has 74 valence electrons. The zero-order valence-corrected chi connectivity index (χ0v) is 7.35. The summed E-state index contributed by atoms with van der Waals surface area (Å²) in [5, 5.41) is 27.5. The van der Waals surface area contributed by atoms with Gasteiger partial charge in [0.15, 0.2) is 5.02 Å². The number of aromatic hydroxyl groups is 1. The van der Waals surface area contributed by atoms with Crippen molar-refractivity contribution < 1.29 is 19.9 Å². The number of benzene rings is 1. The number of phenolic OH excluding ortho intramolecular Hbond substituents is 1. The highest BCUT2D eigenvalue weighted by Crippen LogP contribution is 2.34. The second-order valence-corrected chi connectivity index (χ2v) is 2.77. The van der Waals surface area contributed by atoms with Crippen LogP contribution in [-0.4, -0.2) is 21.1 Å². The first-order chi connectivity index (χ1) is 6.43. The van der Waals surface area contributed by atoms with E-state index in [-0.39, 0.29) is 0 Å². The van der Waals surface area contributed by atoms with Crippen molar-refractivity contribution in [2.24, 2.45) is 0 Å². The highest BCUT2D eigenvalue weighted by atomic mass is 35.5. The van der Waals surface area contributed by atoms with E-state index in [9.17, 15) is 14.9 Å². The van der Waals surface area contributed by atoms with E-state index in [4.69, 9.17) is 21.8 Å². The number of aromatic carboxylic acids is 1. The lowest BCUT2D eigenvalue weighted by Gasteiger charge is -2.00. The summed E-state index contributed by atoms with van der Waals surface area (Å²) in [6, 6.07) is 1.63. The van der Waals surface area contributed by atoms with Crippen LogP contribution < -0.4 is 0 Å². The fraction of sp³-hybridized carbons (Fsp3) is 0. The van der Waals surface area contributed by atoms with Crippen LogP contribution in [0.3, 0.4) is 0 Å². The van der Waals surface area contributed by atoms with E-state index in [0.717, 1.165) is 12.1 Å². The predicted octanol–water partition coefficient (Wildman–Crippen LogP) is 1.65. The van der Waals surface area contributed by atoms with Gasteiger partial charge < -0.3 is 10.2 Å². The molecule has 0 aliphatic heterocycles. The normalized spacial score (nSPS) is 9.79. The van der Waals surface area contributed by atoms with Crippen molar-refractivity contribution >= 4 is 23.3 Å². The fourth-order valence-electron chi connectivity index (χ4n) is 0.851. The minimum atomic E-state index is -1.37. The molecule has 0 bridgehead atoms. The van der Waals surface area contributed by atoms with Gasteiger partial charge in [-0.05, 0) is 6.07 Å².